The van der Waals surface area contributed by atoms with Crippen molar-refractivity contribution in [2.45, 2.75) is 30.2 Å². The van der Waals surface area contributed by atoms with Gasteiger partial charge in [0, 0.05) is 22.7 Å². The monoisotopic (exact) mass is 495 g/mol. The molecule has 0 unspecified atom stereocenters. The van der Waals surface area contributed by atoms with E-state index in [-0.39, 0.29) is 33.4 Å². The van der Waals surface area contributed by atoms with Gasteiger partial charge in [0.2, 0.25) is 0 Å². The number of nitro groups is 1. The zero-order valence-electron chi connectivity index (χ0n) is 18.2. The molecular weight excluding hydrogens is 474 g/mol. The van der Waals surface area contributed by atoms with Gasteiger partial charge in [0.15, 0.2) is 0 Å². The van der Waals surface area contributed by atoms with Crippen LogP contribution in [0.4, 0.5) is 17.1 Å². The smallest absolute Gasteiger partial charge is 0.274 e. The molecule has 7 nitrogen and oxygen atoms in total. The van der Waals surface area contributed by atoms with Gasteiger partial charge < -0.3 is 5.32 Å². The number of hydrogen-bond donors (Lipinski definition) is 2. The van der Waals surface area contributed by atoms with Gasteiger partial charge in [-0.05, 0) is 60.7 Å². The van der Waals surface area contributed by atoms with Crippen LogP contribution in [0.5, 0.6) is 0 Å². The molecule has 5 rings (SSSR count). The van der Waals surface area contributed by atoms with Crippen molar-refractivity contribution < 1.29 is 13.3 Å². The quantitative estimate of drug-likeness (QED) is 0.250. The average Bonchev–Trinajstić information content (AvgIpc) is 3.31. The van der Waals surface area contributed by atoms with E-state index in [1.807, 2.05) is 6.92 Å². The van der Waals surface area contributed by atoms with Gasteiger partial charge in [-0.15, -0.1) is 0 Å². The second-order valence-electron chi connectivity index (χ2n) is 8.61. The highest BCUT2D eigenvalue weighted by Crippen LogP contribution is 2.51. The third-order valence-electron chi connectivity index (χ3n) is 6.56. The van der Waals surface area contributed by atoms with Crippen molar-refractivity contribution in [1.82, 2.24) is 0 Å². The van der Waals surface area contributed by atoms with Crippen molar-refractivity contribution >= 4 is 38.7 Å². The summed E-state index contributed by atoms with van der Waals surface area (Å²) in [6, 6.07) is 16.5. The number of rotatable bonds is 5. The number of nitrogens with one attached hydrogen (secondary N) is 2. The Morgan fingerprint density at radius 3 is 2.68 bits per heavy atom. The van der Waals surface area contributed by atoms with Crippen LogP contribution in [0.15, 0.2) is 77.7 Å². The Labute approximate surface area is 202 Å². The number of fused-ring (bicyclic) bond motifs is 3. The second kappa shape index (κ2) is 8.45. The zero-order chi connectivity index (χ0) is 24.0. The summed E-state index contributed by atoms with van der Waals surface area (Å²) in [5.74, 6) is -0.0150. The molecule has 0 amide bonds. The molecule has 3 aromatic carbocycles. The van der Waals surface area contributed by atoms with E-state index in [1.54, 1.807) is 54.6 Å². The molecule has 0 saturated heterocycles. The number of benzene rings is 3. The molecule has 0 bridgehead atoms. The summed E-state index contributed by atoms with van der Waals surface area (Å²) in [5, 5.41) is 15.5. The highest BCUT2D eigenvalue weighted by molar-refractivity contribution is 7.92. The third-order valence-corrected chi connectivity index (χ3v) is 8.16. The summed E-state index contributed by atoms with van der Waals surface area (Å²) in [7, 11) is -3.85. The second-order valence-corrected chi connectivity index (χ2v) is 10.7. The maximum atomic E-state index is 13.2. The van der Waals surface area contributed by atoms with E-state index in [1.165, 1.54) is 6.07 Å². The molecule has 0 radical (unpaired) electrons. The first-order chi connectivity index (χ1) is 16.2. The highest BCUT2D eigenvalue weighted by atomic mass is 35.5. The molecule has 1 aliphatic carbocycles. The van der Waals surface area contributed by atoms with Crippen molar-refractivity contribution in [3.05, 3.63) is 105 Å². The topological polar surface area (TPSA) is 101 Å². The van der Waals surface area contributed by atoms with Crippen LogP contribution in [0.1, 0.15) is 35.1 Å². The number of halogens is 1. The van der Waals surface area contributed by atoms with Gasteiger partial charge in [-0.2, -0.15) is 0 Å². The number of nitrogens with zero attached hydrogens (tertiary/aromatic N) is 1. The van der Waals surface area contributed by atoms with E-state index in [0.29, 0.717) is 16.3 Å². The lowest BCUT2D eigenvalue weighted by Gasteiger charge is -2.37. The van der Waals surface area contributed by atoms with Crippen LogP contribution in [-0.2, 0) is 10.0 Å². The molecule has 0 fully saturated rings. The number of sulfonamides is 1. The van der Waals surface area contributed by atoms with Gasteiger partial charge in [-0.25, -0.2) is 8.42 Å². The first kappa shape index (κ1) is 22.4. The van der Waals surface area contributed by atoms with Gasteiger partial charge in [-0.3, -0.25) is 14.8 Å². The highest BCUT2D eigenvalue weighted by Gasteiger charge is 2.40. The molecule has 0 aromatic heterocycles. The fourth-order valence-electron chi connectivity index (χ4n) is 4.87. The number of hydrogen-bond acceptors (Lipinski definition) is 5. The van der Waals surface area contributed by atoms with E-state index < -0.39 is 10.0 Å². The standard InChI is InChI=1S/C25H22ClN3O4S/c1-15-9-10-16(26)13-23(15)28-34(32,33)17-11-12-22-21(14-17)18-6-4-7-19(18)25(27-22)20-5-2-3-8-24(20)29(30)31/h2-6,8-14,18-19,25,27-28H,7H2,1H3/t18-,19+,25-/m0/s1. The molecule has 0 saturated carbocycles. The SMILES string of the molecule is Cc1ccc(Cl)cc1NS(=O)(=O)c1ccc2c(c1)[C@H]1C=CC[C@H]1[C@@H](c1ccccc1[N+](=O)[O-])N2. The van der Waals surface area contributed by atoms with Gasteiger partial charge in [0.05, 0.1) is 27.1 Å². The maximum Gasteiger partial charge on any atom is 0.274 e. The Morgan fingerprint density at radius 2 is 1.88 bits per heavy atom. The van der Waals surface area contributed by atoms with Crippen molar-refractivity contribution in [3.63, 3.8) is 0 Å². The number of nitro benzene ring substituents is 1. The molecule has 174 valence electrons. The Hall–Kier alpha value is -3.36. The Balaban J connectivity index is 1.52. The minimum absolute atomic E-state index is 0.0367. The Kier molecular flexibility index (Phi) is 5.58. The first-order valence-electron chi connectivity index (χ1n) is 10.8. The molecule has 3 aromatic rings. The van der Waals surface area contributed by atoms with E-state index in [4.69, 9.17) is 11.6 Å². The van der Waals surface area contributed by atoms with Crippen LogP contribution < -0.4 is 10.0 Å². The van der Waals surface area contributed by atoms with E-state index in [9.17, 15) is 18.5 Å². The van der Waals surface area contributed by atoms with Crippen molar-refractivity contribution in [3.8, 4) is 0 Å². The number of anilines is 2. The van der Waals surface area contributed by atoms with Crippen LogP contribution in [0, 0.1) is 23.0 Å². The summed E-state index contributed by atoms with van der Waals surface area (Å²) in [6.07, 6.45) is 4.87. The summed E-state index contributed by atoms with van der Waals surface area (Å²) in [5.41, 5.74) is 3.53. The first-order valence-corrected chi connectivity index (χ1v) is 12.7. The fraction of sp³-hybridized carbons (Fsp3) is 0.200. The number of aryl methyl sites for hydroxylation is 1. The van der Waals surface area contributed by atoms with Crippen LogP contribution in [0.3, 0.4) is 0 Å². The van der Waals surface area contributed by atoms with Crippen molar-refractivity contribution in [2.75, 3.05) is 10.0 Å². The van der Waals surface area contributed by atoms with Gasteiger partial charge in [0.25, 0.3) is 15.7 Å². The van der Waals surface area contributed by atoms with Crippen molar-refractivity contribution in [1.29, 1.82) is 0 Å². The lowest BCUT2D eigenvalue weighted by atomic mass is 9.76. The maximum absolute atomic E-state index is 13.2. The predicted molar refractivity (Wildman–Crippen MR) is 133 cm³/mol. The van der Waals surface area contributed by atoms with Crippen LogP contribution >= 0.6 is 11.6 Å². The molecule has 0 spiro atoms. The summed E-state index contributed by atoms with van der Waals surface area (Å²) in [4.78, 5) is 11.4. The summed E-state index contributed by atoms with van der Waals surface area (Å²) >= 11 is 6.05. The fourth-order valence-corrected chi connectivity index (χ4v) is 6.20. The van der Waals surface area contributed by atoms with E-state index in [2.05, 4.69) is 22.2 Å². The lowest BCUT2D eigenvalue weighted by Crippen LogP contribution is -2.30. The molecule has 2 aliphatic rings. The zero-order valence-corrected chi connectivity index (χ0v) is 19.8. The lowest BCUT2D eigenvalue weighted by molar-refractivity contribution is -0.385. The summed E-state index contributed by atoms with van der Waals surface area (Å²) in [6.45, 7) is 1.81. The third kappa shape index (κ3) is 3.93. The number of para-hydroxylation sites is 1. The van der Waals surface area contributed by atoms with Crippen LogP contribution in [0.25, 0.3) is 0 Å². The van der Waals surface area contributed by atoms with Crippen molar-refractivity contribution in [2.24, 2.45) is 5.92 Å². The normalized spacial score (nSPS) is 20.8. The van der Waals surface area contributed by atoms with Crippen LogP contribution in [0.2, 0.25) is 5.02 Å². The molecule has 9 heteroatoms. The Morgan fingerprint density at radius 1 is 1.09 bits per heavy atom. The Bertz CT molecular complexity index is 1440. The summed E-state index contributed by atoms with van der Waals surface area (Å²) < 4.78 is 29.0. The minimum Gasteiger partial charge on any atom is -0.377 e. The van der Waals surface area contributed by atoms with E-state index >= 15 is 0 Å². The van der Waals surface area contributed by atoms with Gasteiger partial charge in [0.1, 0.15) is 0 Å². The van der Waals surface area contributed by atoms with Crippen LogP contribution in [-0.4, -0.2) is 13.3 Å². The number of allylic oxidation sites excluding steroid dienone is 2. The molecule has 34 heavy (non-hydrogen) atoms. The largest absolute Gasteiger partial charge is 0.377 e. The molecule has 1 aliphatic heterocycles. The molecule has 2 N–H and O–H groups in total. The average molecular weight is 496 g/mol. The van der Waals surface area contributed by atoms with Gasteiger partial charge >= 0.3 is 0 Å². The predicted octanol–water partition coefficient (Wildman–Crippen LogP) is 6.18. The molecular formula is C25H22ClN3O4S. The van der Waals surface area contributed by atoms with E-state index in [0.717, 1.165) is 23.2 Å². The molecule has 3 atom stereocenters. The van der Waals surface area contributed by atoms with Gasteiger partial charge in [-0.1, -0.05) is 48.0 Å². The molecule has 1 heterocycles. The minimum atomic E-state index is -3.85.